The Bertz CT molecular complexity index is 643. The quantitative estimate of drug-likeness (QED) is 0.726. The zero-order chi connectivity index (χ0) is 19.5. The van der Waals surface area contributed by atoms with E-state index >= 15 is 0 Å². The Morgan fingerprint density at radius 2 is 1.76 bits per heavy atom. The monoisotopic (exact) mass is 398 g/mol. The van der Waals surface area contributed by atoms with E-state index in [1.54, 1.807) is 0 Å². The molecular formula is C24H38N4O. The molecule has 5 heteroatoms. The second-order valence-electron chi connectivity index (χ2n) is 10.1. The standard InChI is InChI=1S/C24H38N4O/c1-2-4-20(5-3-1)19-27-12-10-24(11-13-27)18-21(24)6-7-22-8-9-23(26-25-22)28-14-16-29-17-15-28/h8-9,20-21H,1-7,10-19H2. The molecule has 2 aliphatic carbocycles. The van der Waals surface area contributed by atoms with E-state index in [1.165, 1.54) is 83.1 Å². The third kappa shape index (κ3) is 4.77. The minimum absolute atomic E-state index is 0.685. The van der Waals surface area contributed by atoms with Crippen LogP contribution in [0.15, 0.2) is 12.1 Å². The number of likely N-dealkylation sites (tertiary alicyclic amines) is 1. The molecule has 4 aliphatic rings. The molecule has 2 saturated heterocycles. The van der Waals surface area contributed by atoms with Crippen molar-refractivity contribution >= 4 is 5.82 Å². The van der Waals surface area contributed by atoms with Crippen LogP contribution in [0.1, 0.15) is 63.5 Å². The number of anilines is 1. The summed E-state index contributed by atoms with van der Waals surface area (Å²) in [7, 11) is 0. The minimum Gasteiger partial charge on any atom is -0.378 e. The first-order valence-corrected chi connectivity index (χ1v) is 12.2. The normalized spacial score (nSPS) is 28.0. The van der Waals surface area contributed by atoms with Gasteiger partial charge in [0.05, 0.1) is 18.9 Å². The van der Waals surface area contributed by atoms with Gasteiger partial charge in [0.1, 0.15) is 0 Å². The highest BCUT2D eigenvalue weighted by atomic mass is 16.5. The number of ether oxygens (including phenoxy) is 1. The van der Waals surface area contributed by atoms with Crippen molar-refractivity contribution in [1.29, 1.82) is 0 Å². The largest absolute Gasteiger partial charge is 0.378 e. The second kappa shape index (κ2) is 8.89. The van der Waals surface area contributed by atoms with Crippen molar-refractivity contribution < 1.29 is 4.74 Å². The van der Waals surface area contributed by atoms with Crippen LogP contribution in [0, 0.1) is 17.3 Å². The van der Waals surface area contributed by atoms with Gasteiger partial charge in [-0.15, -0.1) is 5.10 Å². The Morgan fingerprint density at radius 1 is 0.966 bits per heavy atom. The predicted molar refractivity (Wildman–Crippen MR) is 116 cm³/mol. The molecule has 160 valence electrons. The van der Waals surface area contributed by atoms with Crippen molar-refractivity contribution in [3.8, 4) is 0 Å². The lowest BCUT2D eigenvalue weighted by Gasteiger charge is -2.36. The number of morpholine rings is 1. The van der Waals surface area contributed by atoms with Crippen molar-refractivity contribution in [2.75, 3.05) is 50.8 Å². The first kappa shape index (κ1) is 19.7. The molecule has 5 rings (SSSR count). The van der Waals surface area contributed by atoms with E-state index in [-0.39, 0.29) is 0 Å². The first-order chi connectivity index (χ1) is 14.3. The number of aryl methyl sites for hydroxylation is 1. The Kier molecular flexibility index (Phi) is 6.05. The van der Waals surface area contributed by atoms with E-state index < -0.39 is 0 Å². The lowest BCUT2D eigenvalue weighted by Crippen LogP contribution is -2.38. The molecule has 0 aromatic carbocycles. The molecule has 5 nitrogen and oxygen atoms in total. The molecule has 3 heterocycles. The van der Waals surface area contributed by atoms with Crippen LogP contribution < -0.4 is 4.90 Å². The van der Waals surface area contributed by atoms with Crippen molar-refractivity contribution in [3.63, 3.8) is 0 Å². The SMILES string of the molecule is c1cc(N2CCOCC2)nnc1CCC1CC12CCN(CC1CCCCC1)CC2. The Labute approximate surface area is 176 Å². The summed E-state index contributed by atoms with van der Waals surface area (Å²) in [4.78, 5) is 5.06. The molecule has 1 unspecified atom stereocenters. The van der Waals surface area contributed by atoms with Gasteiger partial charge in [-0.25, -0.2) is 0 Å². The molecule has 1 spiro atoms. The van der Waals surface area contributed by atoms with Crippen LogP contribution >= 0.6 is 0 Å². The number of nitrogens with zero attached hydrogens (tertiary/aromatic N) is 4. The fourth-order valence-electron chi connectivity index (χ4n) is 6.14. The number of hydrogen-bond acceptors (Lipinski definition) is 5. The molecular weight excluding hydrogens is 360 g/mol. The van der Waals surface area contributed by atoms with E-state index in [1.807, 2.05) is 0 Å². The van der Waals surface area contributed by atoms with Crippen LogP contribution in [0.5, 0.6) is 0 Å². The van der Waals surface area contributed by atoms with Crippen molar-refractivity contribution in [2.24, 2.45) is 17.3 Å². The van der Waals surface area contributed by atoms with Gasteiger partial charge >= 0.3 is 0 Å². The summed E-state index contributed by atoms with van der Waals surface area (Å²) in [6.45, 7) is 7.53. The minimum atomic E-state index is 0.685. The van der Waals surface area contributed by atoms with Crippen LogP contribution in [0.3, 0.4) is 0 Å². The van der Waals surface area contributed by atoms with Gasteiger partial charge < -0.3 is 14.5 Å². The summed E-state index contributed by atoms with van der Waals surface area (Å²) < 4.78 is 5.42. The topological polar surface area (TPSA) is 41.5 Å². The maximum atomic E-state index is 5.42. The van der Waals surface area contributed by atoms with Gasteiger partial charge in [0.15, 0.2) is 5.82 Å². The van der Waals surface area contributed by atoms with E-state index in [2.05, 4.69) is 32.1 Å². The first-order valence-electron chi connectivity index (χ1n) is 12.2. The zero-order valence-corrected chi connectivity index (χ0v) is 18.0. The van der Waals surface area contributed by atoms with Gasteiger partial charge in [-0.1, -0.05) is 19.3 Å². The smallest absolute Gasteiger partial charge is 0.151 e. The molecule has 0 N–H and O–H groups in total. The average molecular weight is 399 g/mol. The van der Waals surface area contributed by atoms with Crippen LogP contribution in [0.2, 0.25) is 0 Å². The highest BCUT2D eigenvalue weighted by Crippen LogP contribution is 2.61. The number of piperidine rings is 1. The lowest BCUT2D eigenvalue weighted by atomic mass is 9.86. The summed E-state index contributed by atoms with van der Waals surface area (Å²) in [5, 5.41) is 9.01. The number of hydrogen-bond donors (Lipinski definition) is 0. The summed E-state index contributed by atoms with van der Waals surface area (Å²) >= 11 is 0. The van der Waals surface area contributed by atoms with Gasteiger partial charge in [0.25, 0.3) is 0 Å². The van der Waals surface area contributed by atoms with Crippen LogP contribution in [0.4, 0.5) is 5.82 Å². The third-order valence-corrected chi connectivity index (χ3v) is 8.24. The lowest BCUT2D eigenvalue weighted by molar-refractivity contribution is 0.122. The summed E-state index contributed by atoms with van der Waals surface area (Å²) in [5.74, 6) is 2.93. The Morgan fingerprint density at radius 3 is 2.48 bits per heavy atom. The van der Waals surface area contributed by atoms with Gasteiger partial charge in [0.2, 0.25) is 0 Å². The van der Waals surface area contributed by atoms with E-state index in [0.717, 1.165) is 50.4 Å². The molecule has 0 radical (unpaired) electrons. The molecule has 1 aromatic heterocycles. The average Bonchev–Trinajstić information content (AvgIpc) is 3.47. The molecule has 0 amide bonds. The summed E-state index contributed by atoms with van der Waals surface area (Å²) in [5.41, 5.74) is 1.85. The van der Waals surface area contributed by atoms with Gasteiger partial charge in [-0.2, -0.15) is 5.10 Å². The number of aromatic nitrogens is 2. The molecule has 2 saturated carbocycles. The maximum absolute atomic E-state index is 5.42. The van der Waals surface area contributed by atoms with Gasteiger partial charge in [0, 0.05) is 19.6 Å². The zero-order valence-electron chi connectivity index (χ0n) is 18.0. The van der Waals surface area contributed by atoms with E-state index in [4.69, 9.17) is 4.74 Å². The molecule has 2 aliphatic heterocycles. The number of rotatable bonds is 6. The van der Waals surface area contributed by atoms with Crippen molar-refractivity contribution in [3.05, 3.63) is 17.8 Å². The molecule has 29 heavy (non-hydrogen) atoms. The fourth-order valence-corrected chi connectivity index (χ4v) is 6.14. The fraction of sp³-hybridized carbons (Fsp3) is 0.833. The Balaban J connectivity index is 1.04. The highest BCUT2D eigenvalue weighted by molar-refractivity contribution is 5.37. The molecule has 1 aromatic rings. The van der Waals surface area contributed by atoms with Gasteiger partial charge in [-0.05, 0) is 87.4 Å². The molecule has 0 bridgehead atoms. The maximum Gasteiger partial charge on any atom is 0.151 e. The molecule has 1 atom stereocenters. The third-order valence-electron chi connectivity index (χ3n) is 8.24. The predicted octanol–water partition coefficient (Wildman–Crippen LogP) is 3.93. The van der Waals surface area contributed by atoms with E-state index in [9.17, 15) is 0 Å². The summed E-state index contributed by atoms with van der Waals surface area (Å²) in [6, 6.07) is 4.35. The van der Waals surface area contributed by atoms with Crippen LogP contribution in [-0.4, -0.2) is 61.0 Å². The Hall–Kier alpha value is -1.20. The second-order valence-corrected chi connectivity index (χ2v) is 10.1. The van der Waals surface area contributed by atoms with Crippen LogP contribution in [0.25, 0.3) is 0 Å². The van der Waals surface area contributed by atoms with Crippen molar-refractivity contribution in [1.82, 2.24) is 15.1 Å². The summed E-state index contributed by atoms with van der Waals surface area (Å²) in [6.07, 6.45) is 14.1. The highest BCUT2D eigenvalue weighted by Gasteiger charge is 2.53. The van der Waals surface area contributed by atoms with E-state index in [0.29, 0.717) is 5.41 Å². The van der Waals surface area contributed by atoms with Crippen molar-refractivity contribution in [2.45, 2.75) is 64.2 Å². The van der Waals surface area contributed by atoms with Gasteiger partial charge in [-0.3, -0.25) is 0 Å². The molecule has 4 fully saturated rings. The van der Waals surface area contributed by atoms with Crippen LogP contribution in [-0.2, 0) is 11.2 Å².